The van der Waals surface area contributed by atoms with Crippen LogP contribution < -0.4 is 10.1 Å². The van der Waals surface area contributed by atoms with Crippen molar-refractivity contribution in [2.45, 2.75) is 33.2 Å². The summed E-state index contributed by atoms with van der Waals surface area (Å²) in [7, 11) is 0. The van der Waals surface area contributed by atoms with Crippen LogP contribution in [-0.2, 0) is 0 Å². The first kappa shape index (κ1) is 18.5. The molecule has 1 aliphatic heterocycles. The molecule has 2 rings (SSSR count). The number of nitrogens with one attached hydrogen (secondary N) is 1. The molecule has 23 heavy (non-hydrogen) atoms. The molecule has 0 aromatic heterocycles. The van der Waals surface area contributed by atoms with E-state index in [-0.39, 0.29) is 17.2 Å². The molecule has 1 saturated heterocycles. The van der Waals surface area contributed by atoms with Crippen molar-refractivity contribution in [2.24, 2.45) is 5.41 Å². The summed E-state index contributed by atoms with van der Waals surface area (Å²) in [5.74, 6) is -0.189. The van der Waals surface area contributed by atoms with Crippen LogP contribution in [0.15, 0.2) is 22.7 Å². The van der Waals surface area contributed by atoms with Crippen molar-refractivity contribution in [1.29, 1.82) is 0 Å². The van der Waals surface area contributed by atoms with Crippen molar-refractivity contribution in [3.8, 4) is 5.75 Å². The second kappa shape index (κ2) is 6.99. The zero-order chi connectivity index (χ0) is 17.3. The smallest absolute Gasteiger partial charge is 0.406 e. The van der Waals surface area contributed by atoms with E-state index in [1.807, 2.05) is 6.07 Å². The molecule has 1 aromatic rings. The van der Waals surface area contributed by atoms with Gasteiger partial charge in [-0.05, 0) is 29.2 Å². The predicted molar refractivity (Wildman–Crippen MR) is 87.5 cm³/mol. The van der Waals surface area contributed by atoms with Crippen LogP contribution in [0.25, 0.3) is 0 Å². The van der Waals surface area contributed by atoms with Gasteiger partial charge in [-0.1, -0.05) is 36.7 Å². The van der Waals surface area contributed by atoms with Gasteiger partial charge in [-0.3, -0.25) is 4.90 Å². The van der Waals surface area contributed by atoms with Crippen molar-refractivity contribution < 1.29 is 17.9 Å². The number of nitrogens with zero attached hydrogens (tertiary/aromatic N) is 1. The van der Waals surface area contributed by atoms with Gasteiger partial charge in [-0.25, -0.2) is 0 Å². The largest absolute Gasteiger partial charge is 0.573 e. The molecule has 0 spiro atoms. The summed E-state index contributed by atoms with van der Waals surface area (Å²) in [6, 6.07) is 4.73. The molecule has 1 aromatic carbocycles. The van der Waals surface area contributed by atoms with Gasteiger partial charge in [0.2, 0.25) is 0 Å². The maximum Gasteiger partial charge on any atom is 0.573 e. The lowest BCUT2D eigenvalue weighted by Gasteiger charge is -2.42. The molecule has 0 amide bonds. The Hall–Kier alpha value is -0.790. The van der Waals surface area contributed by atoms with Gasteiger partial charge in [-0.2, -0.15) is 0 Å². The molecular formula is C16H22BrF3N2O. The zero-order valence-electron chi connectivity index (χ0n) is 13.5. The standard InChI is InChI=1S/C16H22BrF3N2O/c1-15(2,3)14(22-6-4-21-5-7-22)11-8-12(17)10-13(9-11)23-16(18,19)20/h8-10,14,21H,4-7H2,1-3H3/t14-/m1/s1. The Morgan fingerprint density at radius 1 is 1.13 bits per heavy atom. The fourth-order valence-electron chi connectivity index (χ4n) is 3.13. The number of alkyl halides is 3. The summed E-state index contributed by atoms with van der Waals surface area (Å²) < 4.78 is 42.3. The Balaban J connectivity index is 2.38. The fourth-order valence-corrected chi connectivity index (χ4v) is 3.62. The van der Waals surface area contributed by atoms with Crippen LogP contribution in [0.3, 0.4) is 0 Å². The minimum absolute atomic E-state index is 0.0117. The van der Waals surface area contributed by atoms with Crippen molar-refractivity contribution in [3.05, 3.63) is 28.2 Å². The monoisotopic (exact) mass is 394 g/mol. The fraction of sp³-hybridized carbons (Fsp3) is 0.625. The van der Waals surface area contributed by atoms with E-state index in [4.69, 9.17) is 0 Å². The summed E-state index contributed by atoms with van der Waals surface area (Å²) in [6.07, 6.45) is -4.69. The topological polar surface area (TPSA) is 24.5 Å². The van der Waals surface area contributed by atoms with E-state index in [1.165, 1.54) is 12.1 Å². The van der Waals surface area contributed by atoms with Crippen LogP contribution in [0, 0.1) is 5.41 Å². The van der Waals surface area contributed by atoms with E-state index in [2.05, 4.69) is 51.7 Å². The van der Waals surface area contributed by atoms with Gasteiger partial charge in [0.1, 0.15) is 5.75 Å². The maximum absolute atomic E-state index is 12.5. The van der Waals surface area contributed by atoms with Gasteiger partial charge in [0.15, 0.2) is 0 Å². The number of benzene rings is 1. The Morgan fingerprint density at radius 2 is 1.74 bits per heavy atom. The molecule has 0 radical (unpaired) electrons. The lowest BCUT2D eigenvalue weighted by molar-refractivity contribution is -0.274. The molecule has 130 valence electrons. The van der Waals surface area contributed by atoms with Crippen molar-refractivity contribution in [1.82, 2.24) is 10.2 Å². The second-order valence-electron chi connectivity index (χ2n) is 6.82. The molecule has 1 N–H and O–H groups in total. The van der Waals surface area contributed by atoms with Crippen molar-refractivity contribution in [3.63, 3.8) is 0 Å². The number of halogens is 4. The van der Waals surface area contributed by atoms with Gasteiger partial charge in [-0.15, -0.1) is 13.2 Å². The van der Waals surface area contributed by atoms with E-state index in [0.717, 1.165) is 31.7 Å². The highest BCUT2D eigenvalue weighted by atomic mass is 79.9. The molecule has 1 aliphatic rings. The predicted octanol–water partition coefficient (Wildman–Crippen LogP) is 4.34. The Morgan fingerprint density at radius 3 is 2.26 bits per heavy atom. The van der Waals surface area contributed by atoms with Crippen LogP contribution in [0.4, 0.5) is 13.2 Å². The minimum Gasteiger partial charge on any atom is -0.406 e. The highest BCUT2D eigenvalue weighted by Crippen LogP contribution is 2.41. The van der Waals surface area contributed by atoms with Gasteiger partial charge in [0, 0.05) is 36.7 Å². The molecule has 0 aliphatic carbocycles. The third kappa shape index (κ3) is 5.36. The quantitative estimate of drug-likeness (QED) is 0.824. The first-order valence-electron chi connectivity index (χ1n) is 7.57. The van der Waals surface area contributed by atoms with Crippen molar-refractivity contribution in [2.75, 3.05) is 26.2 Å². The first-order valence-corrected chi connectivity index (χ1v) is 8.36. The molecule has 1 heterocycles. The summed E-state index contributed by atoms with van der Waals surface area (Å²) in [5, 5.41) is 3.30. The minimum atomic E-state index is -4.69. The van der Waals surface area contributed by atoms with Crippen LogP contribution in [0.1, 0.15) is 32.4 Å². The third-order valence-corrected chi connectivity index (χ3v) is 4.24. The normalized spacial score (nSPS) is 18.7. The van der Waals surface area contributed by atoms with E-state index < -0.39 is 6.36 Å². The lowest BCUT2D eigenvalue weighted by atomic mass is 9.81. The molecule has 0 bridgehead atoms. The number of hydrogen-bond acceptors (Lipinski definition) is 3. The first-order chi connectivity index (χ1) is 10.6. The van der Waals surface area contributed by atoms with Crippen LogP contribution in [0.2, 0.25) is 0 Å². The maximum atomic E-state index is 12.5. The van der Waals surface area contributed by atoms with Crippen LogP contribution in [-0.4, -0.2) is 37.4 Å². The van der Waals surface area contributed by atoms with E-state index in [1.54, 1.807) is 0 Å². The van der Waals surface area contributed by atoms with Crippen molar-refractivity contribution >= 4 is 15.9 Å². The van der Waals surface area contributed by atoms with E-state index >= 15 is 0 Å². The molecule has 0 unspecified atom stereocenters. The zero-order valence-corrected chi connectivity index (χ0v) is 15.1. The van der Waals surface area contributed by atoms with Gasteiger partial charge >= 0.3 is 6.36 Å². The highest BCUT2D eigenvalue weighted by Gasteiger charge is 2.35. The SMILES string of the molecule is CC(C)(C)[C@@H](c1cc(Br)cc(OC(F)(F)F)c1)N1CCNCC1. The summed E-state index contributed by atoms with van der Waals surface area (Å²) in [5.41, 5.74) is 0.709. The van der Waals surface area contributed by atoms with Gasteiger partial charge in [0.05, 0.1) is 0 Å². The average molecular weight is 395 g/mol. The highest BCUT2D eigenvalue weighted by molar-refractivity contribution is 9.10. The Labute approximate surface area is 143 Å². The number of hydrogen-bond donors (Lipinski definition) is 1. The molecule has 1 atom stereocenters. The van der Waals surface area contributed by atoms with Gasteiger partial charge < -0.3 is 10.1 Å². The summed E-state index contributed by atoms with van der Waals surface area (Å²) in [4.78, 5) is 2.32. The van der Waals surface area contributed by atoms with E-state index in [9.17, 15) is 13.2 Å². The van der Waals surface area contributed by atoms with Crippen LogP contribution >= 0.6 is 15.9 Å². The lowest BCUT2D eigenvalue weighted by Crippen LogP contribution is -2.48. The Bertz CT molecular complexity index is 537. The summed E-state index contributed by atoms with van der Waals surface area (Å²) >= 11 is 3.30. The number of rotatable bonds is 3. The van der Waals surface area contributed by atoms with E-state index in [0.29, 0.717) is 4.47 Å². The van der Waals surface area contributed by atoms with Gasteiger partial charge in [0.25, 0.3) is 0 Å². The third-order valence-electron chi connectivity index (χ3n) is 3.78. The number of piperazine rings is 1. The second-order valence-corrected chi connectivity index (χ2v) is 7.74. The molecule has 1 fully saturated rings. The molecular weight excluding hydrogens is 373 g/mol. The molecule has 7 heteroatoms. The Kier molecular flexibility index (Phi) is 5.63. The number of ether oxygens (including phenoxy) is 1. The average Bonchev–Trinajstić information content (AvgIpc) is 2.35. The summed E-state index contributed by atoms with van der Waals surface area (Å²) in [6.45, 7) is 9.80. The molecule has 3 nitrogen and oxygen atoms in total. The molecule has 0 saturated carbocycles. The van der Waals surface area contributed by atoms with Crippen LogP contribution in [0.5, 0.6) is 5.75 Å².